The summed E-state index contributed by atoms with van der Waals surface area (Å²) in [5.74, 6) is 1.31. The van der Waals surface area contributed by atoms with E-state index in [-0.39, 0.29) is 6.09 Å². The standard InChI is InChI=1S/C18H22N2O3/c1-12-7-13(2)11-19(10-12)16-9-15(20-4-6-23-18(20)21)8-14-3-5-22-17(14)16/h3,5,8-9,12-13H,4,6-7,10-11H2,1-2H3/t12-,13+. The van der Waals surface area contributed by atoms with Gasteiger partial charge in [0, 0.05) is 18.5 Å². The fourth-order valence-electron chi connectivity index (χ4n) is 3.93. The number of piperidine rings is 1. The molecule has 0 N–H and O–H groups in total. The summed E-state index contributed by atoms with van der Waals surface area (Å²) in [5, 5.41) is 1.03. The van der Waals surface area contributed by atoms with E-state index in [1.807, 2.05) is 12.1 Å². The minimum atomic E-state index is -0.265. The van der Waals surface area contributed by atoms with Crippen LogP contribution >= 0.6 is 0 Å². The van der Waals surface area contributed by atoms with E-state index in [1.165, 1.54) is 6.42 Å². The van der Waals surface area contributed by atoms with Crippen LogP contribution in [-0.4, -0.2) is 32.3 Å². The Kier molecular flexibility index (Phi) is 3.43. The Bertz CT molecular complexity index is 729. The molecular formula is C18H22N2O3. The second-order valence-electron chi connectivity index (χ2n) is 6.92. The van der Waals surface area contributed by atoms with Gasteiger partial charge in [-0.05, 0) is 36.5 Å². The van der Waals surface area contributed by atoms with E-state index in [0.717, 1.165) is 35.4 Å². The minimum absolute atomic E-state index is 0.265. The molecule has 2 saturated heterocycles. The number of amides is 1. The van der Waals surface area contributed by atoms with Gasteiger partial charge in [0.15, 0.2) is 5.58 Å². The van der Waals surface area contributed by atoms with E-state index in [1.54, 1.807) is 11.2 Å². The van der Waals surface area contributed by atoms with E-state index in [4.69, 9.17) is 9.15 Å². The van der Waals surface area contributed by atoms with Crippen molar-refractivity contribution in [2.75, 3.05) is 36.0 Å². The normalized spacial score (nSPS) is 25.2. The van der Waals surface area contributed by atoms with Crippen molar-refractivity contribution < 1.29 is 13.9 Å². The van der Waals surface area contributed by atoms with Crippen LogP contribution < -0.4 is 9.80 Å². The van der Waals surface area contributed by atoms with Gasteiger partial charge >= 0.3 is 6.09 Å². The zero-order chi connectivity index (χ0) is 16.0. The number of nitrogens with zero attached hydrogens (tertiary/aromatic N) is 2. The highest BCUT2D eigenvalue weighted by molar-refractivity contribution is 5.98. The number of furan rings is 1. The van der Waals surface area contributed by atoms with Gasteiger partial charge in [-0.3, -0.25) is 4.90 Å². The van der Waals surface area contributed by atoms with Gasteiger partial charge in [-0.15, -0.1) is 0 Å². The summed E-state index contributed by atoms with van der Waals surface area (Å²) < 4.78 is 10.8. The molecule has 5 nitrogen and oxygen atoms in total. The number of fused-ring (bicyclic) bond motifs is 1. The fourth-order valence-corrected chi connectivity index (χ4v) is 3.93. The summed E-state index contributed by atoms with van der Waals surface area (Å²) in [5.41, 5.74) is 2.88. The van der Waals surface area contributed by atoms with Crippen molar-refractivity contribution in [1.82, 2.24) is 0 Å². The van der Waals surface area contributed by atoms with Gasteiger partial charge in [-0.2, -0.15) is 0 Å². The van der Waals surface area contributed by atoms with Crippen LogP contribution in [0.1, 0.15) is 20.3 Å². The van der Waals surface area contributed by atoms with Gasteiger partial charge in [0.1, 0.15) is 6.61 Å². The molecule has 122 valence electrons. The third-order valence-electron chi connectivity index (χ3n) is 4.80. The summed E-state index contributed by atoms with van der Waals surface area (Å²) in [6.45, 7) is 7.69. The number of ether oxygens (including phenoxy) is 1. The van der Waals surface area contributed by atoms with Crippen LogP contribution in [0.3, 0.4) is 0 Å². The first-order valence-electron chi connectivity index (χ1n) is 8.32. The van der Waals surface area contributed by atoms with Crippen molar-refractivity contribution in [3.63, 3.8) is 0 Å². The summed E-state index contributed by atoms with van der Waals surface area (Å²) in [4.78, 5) is 16.0. The first-order valence-corrected chi connectivity index (χ1v) is 8.32. The summed E-state index contributed by atoms with van der Waals surface area (Å²) in [6.07, 6.45) is 2.71. The molecule has 4 rings (SSSR count). The second kappa shape index (κ2) is 5.48. The molecule has 2 aromatic rings. The van der Waals surface area contributed by atoms with Crippen LogP contribution in [0.5, 0.6) is 0 Å². The quantitative estimate of drug-likeness (QED) is 0.844. The minimum Gasteiger partial charge on any atom is -0.462 e. The molecule has 1 aromatic heterocycles. The molecule has 0 spiro atoms. The first-order chi connectivity index (χ1) is 11.1. The van der Waals surface area contributed by atoms with Crippen molar-refractivity contribution in [3.05, 3.63) is 24.5 Å². The maximum absolute atomic E-state index is 11.9. The van der Waals surface area contributed by atoms with E-state index in [9.17, 15) is 4.79 Å². The molecule has 1 aromatic carbocycles. The van der Waals surface area contributed by atoms with Crippen LogP contribution in [0.4, 0.5) is 16.2 Å². The number of rotatable bonds is 2. The average Bonchev–Trinajstić information content (AvgIpc) is 3.13. The predicted molar refractivity (Wildman–Crippen MR) is 90.1 cm³/mol. The fraction of sp³-hybridized carbons (Fsp3) is 0.500. The van der Waals surface area contributed by atoms with Gasteiger partial charge in [-0.25, -0.2) is 4.79 Å². The highest BCUT2D eigenvalue weighted by atomic mass is 16.6. The maximum Gasteiger partial charge on any atom is 0.414 e. The highest BCUT2D eigenvalue weighted by Gasteiger charge is 2.28. The Morgan fingerprint density at radius 2 is 1.96 bits per heavy atom. The van der Waals surface area contributed by atoms with E-state index in [0.29, 0.717) is 25.0 Å². The van der Waals surface area contributed by atoms with Crippen molar-refractivity contribution in [2.45, 2.75) is 20.3 Å². The van der Waals surface area contributed by atoms with Gasteiger partial charge in [0.05, 0.1) is 24.2 Å². The molecule has 0 radical (unpaired) electrons. The molecule has 0 aliphatic carbocycles. The molecule has 2 aliphatic rings. The van der Waals surface area contributed by atoms with Crippen molar-refractivity contribution in [3.8, 4) is 0 Å². The zero-order valence-electron chi connectivity index (χ0n) is 13.6. The number of benzene rings is 1. The zero-order valence-corrected chi connectivity index (χ0v) is 13.6. The summed E-state index contributed by atoms with van der Waals surface area (Å²) in [7, 11) is 0. The number of hydrogen-bond acceptors (Lipinski definition) is 4. The van der Waals surface area contributed by atoms with E-state index < -0.39 is 0 Å². The van der Waals surface area contributed by atoms with Crippen LogP contribution in [0.15, 0.2) is 28.9 Å². The van der Waals surface area contributed by atoms with Crippen molar-refractivity contribution in [2.24, 2.45) is 11.8 Å². The van der Waals surface area contributed by atoms with Gasteiger partial charge in [0.2, 0.25) is 0 Å². The molecule has 0 unspecified atom stereocenters. The molecule has 2 aliphatic heterocycles. The second-order valence-corrected chi connectivity index (χ2v) is 6.92. The van der Waals surface area contributed by atoms with Gasteiger partial charge in [0.25, 0.3) is 0 Å². The lowest BCUT2D eigenvalue weighted by Crippen LogP contribution is -2.38. The summed E-state index contributed by atoms with van der Waals surface area (Å²) in [6, 6.07) is 6.04. The number of carbonyl (C=O) groups excluding carboxylic acids is 1. The number of carbonyl (C=O) groups is 1. The Morgan fingerprint density at radius 3 is 2.65 bits per heavy atom. The number of anilines is 2. The Hall–Kier alpha value is -2.17. The lowest BCUT2D eigenvalue weighted by atomic mass is 9.91. The Morgan fingerprint density at radius 1 is 1.17 bits per heavy atom. The SMILES string of the molecule is C[C@@H]1C[C@H](C)CN(c2cc(N3CCOC3=O)cc3ccoc23)C1. The number of cyclic esters (lactones) is 1. The molecule has 0 bridgehead atoms. The van der Waals surface area contributed by atoms with Crippen LogP contribution in [0.2, 0.25) is 0 Å². The molecule has 2 fully saturated rings. The lowest BCUT2D eigenvalue weighted by molar-refractivity contribution is 0.181. The van der Waals surface area contributed by atoms with E-state index >= 15 is 0 Å². The lowest BCUT2D eigenvalue weighted by Gasteiger charge is -2.36. The van der Waals surface area contributed by atoms with Gasteiger partial charge < -0.3 is 14.1 Å². The van der Waals surface area contributed by atoms with E-state index in [2.05, 4.69) is 24.8 Å². The predicted octanol–water partition coefficient (Wildman–Crippen LogP) is 3.87. The molecule has 2 atom stereocenters. The third kappa shape index (κ3) is 2.54. The molecule has 5 heteroatoms. The molecular weight excluding hydrogens is 292 g/mol. The first kappa shape index (κ1) is 14.4. The Labute approximate surface area is 135 Å². The van der Waals surface area contributed by atoms with Crippen molar-refractivity contribution in [1.29, 1.82) is 0 Å². The van der Waals surface area contributed by atoms with Gasteiger partial charge in [-0.1, -0.05) is 13.8 Å². The smallest absolute Gasteiger partial charge is 0.414 e. The van der Waals surface area contributed by atoms with Crippen LogP contribution in [0.25, 0.3) is 11.0 Å². The highest BCUT2D eigenvalue weighted by Crippen LogP contribution is 2.37. The monoisotopic (exact) mass is 314 g/mol. The third-order valence-corrected chi connectivity index (χ3v) is 4.80. The molecule has 3 heterocycles. The average molecular weight is 314 g/mol. The van der Waals surface area contributed by atoms with Crippen LogP contribution in [-0.2, 0) is 4.74 Å². The molecule has 0 saturated carbocycles. The summed E-state index contributed by atoms with van der Waals surface area (Å²) >= 11 is 0. The maximum atomic E-state index is 11.9. The number of hydrogen-bond donors (Lipinski definition) is 0. The topological polar surface area (TPSA) is 45.9 Å². The van der Waals surface area contributed by atoms with Crippen molar-refractivity contribution >= 4 is 28.4 Å². The largest absolute Gasteiger partial charge is 0.462 e. The molecule has 1 amide bonds. The Balaban J connectivity index is 1.78. The van der Waals surface area contributed by atoms with Crippen LogP contribution in [0, 0.1) is 11.8 Å². The molecule has 23 heavy (non-hydrogen) atoms.